The van der Waals surface area contributed by atoms with Crippen LogP contribution < -0.4 is 11.1 Å². The van der Waals surface area contributed by atoms with Crippen LogP contribution in [0.25, 0.3) is 0 Å². The summed E-state index contributed by atoms with van der Waals surface area (Å²) in [6, 6.07) is 6.10. The SMILES string of the molecule is CC1C(C(=O)NCCCC(=O)O)SC(=NC(=O)c2ccc(C(=N)N)cc2)N1C. The summed E-state index contributed by atoms with van der Waals surface area (Å²) in [5, 5.41) is 18.7. The van der Waals surface area contributed by atoms with Gasteiger partial charge in [0.2, 0.25) is 5.91 Å². The number of nitrogen functional groups attached to an aromatic ring is 1. The molecule has 0 aliphatic carbocycles. The van der Waals surface area contributed by atoms with Crippen molar-refractivity contribution in [2.75, 3.05) is 13.6 Å². The van der Waals surface area contributed by atoms with Crippen LogP contribution in [0, 0.1) is 5.41 Å². The van der Waals surface area contributed by atoms with E-state index >= 15 is 0 Å². The third-order valence-electron chi connectivity index (χ3n) is 4.35. The molecular weight excluding hydrogens is 382 g/mol. The Morgan fingerprint density at radius 3 is 2.46 bits per heavy atom. The normalized spacial score (nSPS) is 20.2. The van der Waals surface area contributed by atoms with Crippen molar-refractivity contribution >= 4 is 40.5 Å². The quantitative estimate of drug-likeness (QED) is 0.299. The predicted molar refractivity (Wildman–Crippen MR) is 108 cm³/mol. The molecule has 28 heavy (non-hydrogen) atoms. The summed E-state index contributed by atoms with van der Waals surface area (Å²) in [6.45, 7) is 2.15. The van der Waals surface area contributed by atoms with Crippen molar-refractivity contribution in [3.63, 3.8) is 0 Å². The van der Waals surface area contributed by atoms with Gasteiger partial charge in [-0.15, -0.1) is 0 Å². The van der Waals surface area contributed by atoms with Gasteiger partial charge in [-0.25, -0.2) is 0 Å². The van der Waals surface area contributed by atoms with Crippen molar-refractivity contribution in [3.8, 4) is 0 Å². The van der Waals surface area contributed by atoms with Gasteiger partial charge in [-0.1, -0.05) is 23.9 Å². The van der Waals surface area contributed by atoms with E-state index in [2.05, 4.69) is 10.3 Å². The summed E-state index contributed by atoms with van der Waals surface area (Å²) in [4.78, 5) is 41.2. The minimum Gasteiger partial charge on any atom is -0.481 e. The smallest absolute Gasteiger partial charge is 0.303 e. The topological polar surface area (TPSA) is 149 Å². The standard InChI is InChI=1S/C18H23N5O4S/c1-10-14(17(27)21-9-3-4-13(24)25)28-18(23(10)2)22-16(26)12-7-5-11(6-8-12)15(19)20/h5-8,10,14H,3-4,9H2,1-2H3,(H3,19,20)(H,21,27)(H,24,25). The summed E-state index contributed by atoms with van der Waals surface area (Å²) in [7, 11) is 1.76. The third kappa shape index (κ3) is 5.32. The summed E-state index contributed by atoms with van der Waals surface area (Å²) in [5.41, 5.74) is 6.28. The molecule has 10 heteroatoms. The molecule has 2 atom stereocenters. The van der Waals surface area contributed by atoms with Crippen LogP contribution in [0.3, 0.4) is 0 Å². The zero-order chi connectivity index (χ0) is 20.8. The Labute approximate surface area is 166 Å². The number of rotatable bonds is 7. The fraction of sp³-hybridized carbons (Fsp3) is 0.389. The van der Waals surface area contributed by atoms with Crippen LogP contribution in [0.2, 0.25) is 0 Å². The molecular formula is C18H23N5O4S. The Bertz CT molecular complexity index is 809. The molecule has 150 valence electrons. The minimum atomic E-state index is -0.901. The number of carboxylic acid groups (broad SMARTS) is 1. The van der Waals surface area contributed by atoms with Crippen molar-refractivity contribution in [1.29, 1.82) is 5.41 Å². The molecule has 2 unspecified atom stereocenters. The number of carboxylic acids is 1. The number of nitrogens with one attached hydrogen (secondary N) is 2. The highest BCUT2D eigenvalue weighted by Gasteiger charge is 2.39. The van der Waals surface area contributed by atoms with Crippen molar-refractivity contribution in [2.45, 2.75) is 31.1 Å². The van der Waals surface area contributed by atoms with E-state index < -0.39 is 17.1 Å². The Hall–Kier alpha value is -2.88. The molecule has 1 aromatic carbocycles. The van der Waals surface area contributed by atoms with Crippen LogP contribution in [0.15, 0.2) is 29.3 Å². The predicted octanol–water partition coefficient (Wildman–Crippen LogP) is 0.884. The largest absolute Gasteiger partial charge is 0.481 e. The highest BCUT2D eigenvalue weighted by molar-refractivity contribution is 8.15. The number of nitrogens with zero attached hydrogens (tertiary/aromatic N) is 2. The number of thioether (sulfide) groups is 1. The van der Waals surface area contributed by atoms with Crippen LogP contribution >= 0.6 is 11.8 Å². The summed E-state index contributed by atoms with van der Waals surface area (Å²) in [6.07, 6.45) is 0.357. The Kier molecular flexibility index (Phi) is 7.16. The van der Waals surface area contributed by atoms with Gasteiger partial charge in [0, 0.05) is 37.2 Å². The molecule has 0 radical (unpaired) electrons. The molecule has 0 aromatic heterocycles. The molecule has 1 aliphatic heterocycles. The summed E-state index contributed by atoms with van der Waals surface area (Å²) < 4.78 is 0. The van der Waals surface area contributed by atoms with Gasteiger partial charge >= 0.3 is 5.97 Å². The average molecular weight is 405 g/mol. The number of aliphatic imine (C=N–C) groups is 1. The molecule has 9 nitrogen and oxygen atoms in total. The number of benzene rings is 1. The number of carbonyl (C=O) groups is 3. The van der Waals surface area contributed by atoms with Gasteiger partial charge in [0.1, 0.15) is 11.1 Å². The van der Waals surface area contributed by atoms with Gasteiger partial charge in [-0.05, 0) is 25.5 Å². The van der Waals surface area contributed by atoms with Gasteiger partial charge in [0.15, 0.2) is 5.17 Å². The zero-order valence-electron chi connectivity index (χ0n) is 15.6. The first-order valence-corrected chi connectivity index (χ1v) is 9.55. The molecule has 1 heterocycles. The van der Waals surface area contributed by atoms with Gasteiger partial charge in [0.25, 0.3) is 5.91 Å². The van der Waals surface area contributed by atoms with Crippen LogP contribution in [0.4, 0.5) is 0 Å². The van der Waals surface area contributed by atoms with E-state index in [1.54, 1.807) is 36.2 Å². The molecule has 2 rings (SSSR count). The fourth-order valence-corrected chi connectivity index (χ4v) is 3.81. The lowest BCUT2D eigenvalue weighted by atomic mass is 10.1. The molecule has 0 spiro atoms. The van der Waals surface area contributed by atoms with E-state index in [4.69, 9.17) is 16.2 Å². The molecule has 0 bridgehead atoms. The number of nitrogens with two attached hydrogens (primary N) is 1. The first kappa shape index (κ1) is 21.4. The molecule has 5 N–H and O–H groups in total. The lowest BCUT2D eigenvalue weighted by Gasteiger charge is -2.19. The highest BCUT2D eigenvalue weighted by atomic mass is 32.2. The number of aliphatic carboxylic acids is 1. The minimum absolute atomic E-state index is 0.00280. The zero-order valence-corrected chi connectivity index (χ0v) is 16.5. The number of carbonyl (C=O) groups excluding carboxylic acids is 2. The first-order valence-electron chi connectivity index (χ1n) is 8.67. The maximum atomic E-state index is 12.4. The van der Waals surface area contributed by atoms with Gasteiger partial charge in [-0.3, -0.25) is 19.8 Å². The first-order chi connectivity index (χ1) is 13.2. The van der Waals surface area contributed by atoms with Crippen LogP contribution in [-0.2, 0) is 9.59 Å². The Balaban J connectivity index is 2.01. The van der Waals surface area contributed by atoms with Crippen molar-refractivity contribution in [1.82, 2.24) is 10.2 Å². The maximum Gasteiger partial charge on any atom is 0.303 e. The van der Waals surface area contributed by atoms with E-state index in [0.717, 1.165) is 0 Å². The Morgan fingerprint density at radius 2 is 1.89 bits per heavy atom. The van der Waals surface area contributed by atoms with Crippen molar-refractivity contribution < 1.29 is 19.5 Å². The van der Waals surface area contributed by atoms with E-state index in [0.29, 0.717) is 22.7 Å². The summed E-state index contributed by atoms with van der Waals surface area (Å²) >= 11 is 1.20. The highest BCUT2D eigenvalue weighted by Crippen LogP contribution is 2.31. The van der Waals surface area contributed by atoms with Crippen molar-refractivity contribution in [3.05, 3.63) is 35.4 Å². The maximum absolute atomic E-state index is 12.4. The summed E-state index contributed by atoms with van der Waals surface area (Å²) in [5.74, 6) is -1.64. The van der Waals surface area contributed by atoms with Crippen LogP contribution in [0.1, 0.15) is 35.7 Å². The fourth-order valence-electron chi connectivity index (χ4n) is 2.55. The van der Waals surface area contributed by atoms with Gasteiger partial charge in [0.05, 0.1) is 0 Å². The van der Waals surface area contributed by atoms with E-state index in [1.165, 1.54) is 11.8 Å². The molecule has 2 amide bonds. The molecule has 1 aromatic rings. The van der Waals surface area contributed by atoms with Gasteiger partial charge < -0.3 is 21.1 Å². The molecule has 1 fully saturated rings. The van der Waals surface area contributed by atoms with E-state index in [-0.39, 0.29) is 30.8 Å². The monoisotopic (exact) mass is 405 g/mol. The van der Waals surface area contributed by atoms with Crippen LogP contribution in [-0.4, -0.2) is 63.7 Å². The second kappa shape index (κ2) is 9.36. The van der Waals surface area contributed by atoms with Crippen LogP contribution in [0.5, 0.6) is 0 Å². The van der Waals surface area contributed by atoms with Gasteiger partial charge in [-0.2, -0.15) is 4.99 Å². The second-order valence-corrected chi connectivity index (χ2v) is 7.48. The lowest BCUT2D eigenvalue weighted by molar-refractivity contribution is -0.137. The molecule has 0 saturated carbocycles. The number of amidine groups is 2. The average Bonchev–Trinajstić information content (AvgIpc) is 2.93. The Morgan fingerprint density at radius 1 is 1.29 bits per heavy atom. The molecule has 1 aliphatic rings. The number of hydrogen-bond donors (Lipinski definition) is 4. The third-order valence-corrected chi connectivity index (χ3v) is 5.80. The van der Waals surface area contributed by atoms with E-state index in [1.807, 2.05) is 6.92 Å². The number of hydrogen-bond acceptors (Lipinski definition) is 5. The van der Waals surface area contributed by atoms with Crippen molar-refractivity contribution in [2.24, 2.45) is 10.7 Å². The second-order valence-electron chi connectivity index (χ2n) is 6.37. The number of amides is 2. The lowest BCUT2D eigenvalue weighted by Crippen LogP contribution is -2.41. The van der Waals surface area contributed by atoms with E-state index in [9.17, 15) is 14.4 Å². The molecule has 1 saturated heterocycles.